The first-order chi connectivity index (χ1) is 13.5. The van der Waals surface area contributed by atoms with Crippen LogP contribution < -0.4 is 10.1 Å². The highest BCUT2D eigenvalue weighted by Crippen LogP contribution is 2.20. The van der Waals surface area contributed by atoms with Gasteiger partial charge in [0.05, 0.1) is 25.9 Å². The van der Waals surface area contributed by atoms with E-state index in [4.69, 9.17) is 9.47 Å². The van der Waals surface area contributed by atoms with Crippen LogP contribution in [0, 0.1) is 0 Å². The Balaban J connectivity index is 1.42. The molecule has 0 aromatic heterocycles. The Morgan fingerprint density at radius 2 is 2.00 bits per heavy atom. The summed E-state index contributed by atoms with van der Waals surface area (Å²) < 4.78 is 11.2. The number of benzene rings is 1. The van der Waals surface area contributed by atoms with Gasteiger partial charge >= 0.3 is 0 Å². The van der Waals surface area contributed by atoms with Crippen molar-refractivity contribution in [1.82, 2.24) is 15.1 Å². The number of hydrogen-bond donors (Lipinski definition) is 1. The zero-order valence-electron chi connectivity index (χ0n) is 17.5. The molecule has 0 aliphatic carbocycles. The lowest BCUT2D eigenvalue weighted by Gasteiger charge is -2.38. The number of rotatable bonds is 8. The lowest BCUT2D eigenvalue weighted by Crippen LogP contribution is -2.51. The van der Waals surface area contributed by atoms with E-state index in [0.717, 1.165) is 43.9 Å². The molecule has 0 bridgehead atoms. The van der Waals surface area contributed by atoms with Crippen molar-refractivity contribution in [3.05, 3.63) is 29.8 Å². The lowest BCUT2D eigenvalue weighted by atomic mass is 10.1. The molecule has 3 atom stereocenters. The Bertz CT molecular complexity index is 629. The molecule has 6 heteroatoms. The van der Waals surface area contributed by atoms with E-state index in [2.05, 4.69) is 29.0 Å². The summed E-state index contributed by atoms with van der Waals surface area (Å²) in [7, 11) is 1.68. The Hall–Kier alpha value is -1.63. The molecule has 2 fully saturated rings. The fourth-order valence-corrected chi connectivity index (χ4v) is 4.53. The van der Waals surface area contributed by atoms with E-state index in [9.17, 15) is 4.79 Å². The molecule has 28 heavy (non-hydrogen) atoms. The standard InChI is InChI=1S/C22H35N3O3/c1-17-13-24(14-18(2)28-17)15-20-8-6-12-25(20)16-22(26)23-11-10-19-7-4-5-9-21(19)27-3/h4-5,7,9,17-18,20H,6,8,10-16H2,1-3H3,(H,23,26). The number of likely N-dealkylation sites (tertiary alicyclic amines) is 1. The summed E-state index contributed by atoms with van der Waals surface area (Å²) in [5.41, 5.74) is 1.12. The molecule has 1 N–H and O–H groups in total. The number of morpholine rings is 1. The van der Waals surface area contributed by atoms with Crippen molar-refractivity contribution in [1.29, 1.82) is 0 Å². The monoisotopic (exact) mass is 389 g/mol. The average molecular weight is 390 g/mol. The van der Waals surface area contributed by atoms with Crippen molar-refractivity contribution in [2.45, 2.75) is 51.4 Å². The second kappa shape index (κ2) is 10.2. The molecule has 2 aliphatic rings. The average Bonchev–Trinajstić information content (AvgIpc) is 3.07. The van der Waals surface area contributed by atoms with Crippen LogP contribution in [0.2, 0.25) is 0 Å². The third-order valence-corrected chi connectivity index (χ3v) is 5.72. The Morgan fingerprint density at radius 1 is 1.25 bits per heavy atom. The largest absolute Gasteiger partial charge is 0.496 e. The Morgan fingerprint density at radius 3 is 2.75 bits per heavy atom. The number of nitrogens with zero attached hydrogens (tertiary/aromatic N) is 2. The van der Waals surface area contributed by atoms with E-state index >= 15 is 0 Å². The molecule has 3 rings (SSSR count). The van der Waals surface area contributed by atoms with Gasteiger partial charge in [0.2, 0.25) is 5.91 Å². The van der Waals surface area contributed by atoms with Gasteiger partial charge in [0.25, 0.3) is 0 Å². The predicted molar refractivity (Wildman–Crippen MR) is 111 cm³/mol. The van der Waals surface area contributed by atoms with Crippen molar-refractivity contribution >= 4 is 5.91 Å². The van der Waals surface area contributed by atoms with E-state index in [1.165, 1.54) is 12.8 Å². The first-order valence-electron chi connectivity index (χ1n) is 10.6. The topological polar surface area (TPSA) is 54.0 Å². The van der Waals surface area contributed by atoms with E-state index in [1.54, 1.807) is 7.11 Å². The Labute approximate surface area is 169 Å². The normalized spacial score (nSPS) is 26.3. The summed E-state index contributed by atoms with van der Waals surface area (Å²) in [5, 5.41) is 3.08. The maximum Gasteiger partial charge on any atom is 0.234 e. The van der Waals surface area contributed by atoms with Crippen LogP contribution in [0.5, 0.6) is 5.75 Å². The maximum absolute atomic E-state index is 12.5. The fourth-order valence-electron chi connectivity index (χ4n) is 4.53. The van der Waals surface area contributed by atoms with Gasteiger partial charge in [0.15, 0.2) is 0 Å². The third kappa shape index (κ3) is 5.93. The number of nitrogens with one attached hydrogen (secondary N) is 1. The van der Waals surface area contributed by atoms with Crippen molar-refractivity contribution in [3.63, 3.8) is 0 Å². The SMILES string of the molecule is COc1ccccc1CCNC(=O)CN1CCCC1CN1CC(C)OC(C)C1. The van der Waals surface area contributed by atoms with Crippen molar-refractivity contribution in [2.24, 2.45) is 0 Å². The van der Waals surface area contributed by atoms with E-state index in [1.807, 2.05) is 24.3 Å². The summed E-state index contributed by atoms with van der Waals surface area (Å²) in [5.74, 6) is 0.996. The highest BCUT2D eigenvalue weighted by atomic mass is 16.5. The van der Waals surface area contributed by atoms with Gasteiger partial charge in [-0.15, -0.1) is 0 Å². The van der Waals surface area contributed by atoms with Crippen LogP contribution in [0.1, 0.15) is 32.3 Å². The number of amides is 1. The minimum atomic E-state index is 0.116. The molecular weight excluding hydrogens is 354 g/mol. The molecule has 0 radical (unpaired) electrons. The molecule has 2 saturated heterocycles. The number of ether oxygens (including phenoxy) is 2. The van der Waals surface area contributed by atoms with Gasteiger partial charge in [-0.25, -0.2) is 0 Å². The summed E-state index contributed by atoms with van der Waals surface area (Å²) in [6, 6.07) is 8.44. The molecule has 1 aromatic carbocycles. The Kier molecular flexibility index (Phi) is 7.71. The van der Waals surface area contributed by atoms with Crippen molar-refractivity contribution in [3.8, 4) is 5.75 Å². The first-order valence-corrected chi connectivity index (χ1v) is 10.6. The zero-order valence-corrected chi connectivity index (χ0v) is 17.5. The highest BCUT2D eigenvalue weighted by Gasteiger charge is 2.30. The van der Waals surface area contributed by atoms with Crippen LogP contribution in [0.15, 0.2) is 24.3 Å². The van der Waals surface area contributed by atoms with E-state index < -0.39 is 0 Å². The van der Waals surface area contributed by atoms with Gasteiger partial charge in [-0.3, -0.25) is 14.6 Å². The van der Waals surface area contributed by atoms with Crippen LogP contribution in [0.4, 0.5) is 0 Å². The smallest absolute Gasteiger partial charge is 0.234 e. The molecule has 156 valence electrons. The van der Waals surface area contributed by atoms with Crippen LogP contribution >= 0.6 is 0 Å². The molecule has 1 amide bonds. The molecule has 6 nitrogen and oxygen atoms in total. The molecule has 0 spiro atoms. The second-order valence-electron chi connectivity index (χ2n) is 8.15. The number of carbonyl (C=O) groups is 1. The van der Waals surface area contributed by atoms with Crippen LogP contribution in [-0.4, -0.2) is 80.3 Å². The molecule has 2 heterocycles. The summed E-state index contributed by atoms with van der Waals surface area (Å²) in [4.78, 5) is 17.3. The van der Waals surface area contributed by atoms with Gasteiger partial charge in [0, 0.05) is 32.2 Å². The molecular formula is C22H35N3O3. The lowest BCUT2D eigenvalue weighted by molar-refractivity contribution is -0.122. The molecule has 0 saturated carbocycles. The van der Waals surface area contributed by atoms with Crippen LogP contribution in [0.25, 0.3) is 0 Å². The van der Waals surface area contributed by atoms with Crippen LogP contribution in [-0.2, 0) is 16.0 Å². The van der Waals surface area contributed by atoms with Gasteiger partial charge in [-0.1, -0.05) is 18.2 Å². The van der Waals surface area contributed by atoms with Gasteiger partial charge < -0.3 is 14.8 Å². The third-order valence-electron chi connectivity index (χ3n) is 5.72. The summed E-state index contributed by atoms with van der Waals surface area (Å²) in [6.45, 7) is 9.43. The number of carbonyl (C=O) groups excluding carboxylic acids is 1. The van der Waals surface area contributed by atoms with Gasteiger partial charge in [0.1, 0.15) is 5.75 Å². The van der Waals surface area contributed by atoms with E-state index in [0.29, 0.717) is 19.1 Å². The highest BCUT2D eigenvalue weighted by molar-refractivity contribution is 5.78. The molecule has 3 unspecified atom stereocenters. The number of methoxy groups -OCH3 is 1. The van der Waals surface area contributed by atoms with E-state index in [-0.39, 0.29) is 18.1 Å². The number of para-hydroxylation sites is 1. The minimum absolute atomic E-state index is 0.116. The minimum Gasteiger partial charge on any atom is -0.496 e. The van der Waals surface area contributed by atoms with Crippen molar-refractivity contribution in [2.75, 3.05) is 46.4 Å². The van der Waals surface area contributed by atoms with Crippen molar-refractivity contribution < 1.29 is 14.3 Å². The summed E-state index contributed by atoms with van der Waals surface area (Å²) in [6.07, 6.45) is 3.71. The second-order valence-corrected chi connectivity index (χ2v) is 8.15. The molecule has 1 aromatic rings. The predicted octanol–water partition coefficient (Wildman–Crippen LogP) is 1.93. The maximum atomic E-state index is 12.5. The van der Waals surface area contributed by atoms with Crippen LogP contribution in [0.3, 0.4) is 0 Å². The molecule has 2 aliphatic heterocycles. The first kappa shape index (κ1) is 21.1. The zero-order chi connectivity index (χ0) is 19.9. The quantitative estimate of drug-likeness (QED) is 0.736. The van der Waals surface area contributed by atoms with Gasteiger partial charge in [-0.05, 0) is 51.3 Å². The fraction of sp³-hybridized carbons (Fsp3) is 0.682. The van der Waals surface area contributed by atoms with Gasteiger partial charge in [-0.2, -0.15) is 0 Å². The number of hydrogen-bond acceptors (Lipinski definition) is 5. The summed E-state index contributed by atoms with van der Waals surface area (Å²) >= 11 is 0.